The number of rotatable bonds is 3. The highest BCUT2D eigenvalue weighted by Gasteiger charge is 2.27. The van der Waals surface area contributed by atoms with Crippen LogP contribution in [-0.2, 0) is 14.3 Å². The minimum absolute atomic E-state index is 0.178. The fourth-order valence-corrected chi connectivity index (χ4v) is 0.722. The van der Waals surface area contributed by atoms with Gasteiger partial charge in [-0.15, -0.1) is 0 Å². The lowest BCUT2D eigenvalue weighted by molar-refractivity contribution is -0.175. The van der Waals surface area contributed by atoms with Gasteiger partial charge in [-0.1, -0.05) is 0 Å². The summed E-state index contributed by atoms with van der Waals surface area (Å²) in [5, 5.41) is 8.94. The monoisotopic (exact) mass is 175 g/mol. The van der Waals surface area contributed by atoms with Gasteiger partial charge in [0.25, 0.3) is 0 Å². The Hall–Kier alpha value is -0.650. The lowest BCUT2D eigenvalue weighted by Crippen LogP contribution is -2.46. The third kappa shape index (κ3) is 2.17. The highest BCUT2D eigenvalue weighted by Crippen LogP contribution is 2.06. The summed E-state index contributed by atoms with van der Waals surface area (Å²) in [7, 11) is 0. The molecule has 0 aromatic rings. The van der Waals surface area contributed by atoms with E-state index >= 15 is 0 Å². The van der Waals surface area contributed by atoms with Gasteiger partial charge in [0.05, 0.1) is 19.3 Å². The SMILES string of the molecule is C[C@@H](O)[C@H](N)C(=O)OC1COC1. The molecule has 0 aromatic carbocycles. The van der Waals surface area contributed by atoms with Gasteiger partial charge < -0.3 is 20.3 Å². The quantitative estimate of drug-likeness (QED) is 0.517. The summed E-state index contributed by atoms with van der Waals surface area (Å²) in [5.74, 6) is -0.571. The summed E-state index contributed by atoms with van der Waals surface area (Å²) in [6.07, 6.45) is -1.05. The van der Waals surface area contributed by atoms with Crippen LogP contribution in [0.4, 0.5) is 0 Å². The van der Waals surface area contributed by atoms with Crippen molar-refractivity contribution >= 4 is 5.97 Å². The lowest BCUT2D eigenvalue weighted by Gasteiger charge is -2.27. The molecule has 12 heavy (non-hydrogen) atoms. The summed E-state index contributed by atoms with van der Waals surface area (Å²) in [6, 6.07) is -0.953. The van der Waals surface area contributed by atoms with Crippen molar-refractivity contribution in [3.63, 3.8) is 0 Å². The number of ether oxygens (including phenoxy) is 2. The van der Waals surface area contributed by atoms with E-state index < -0.39 is 18.1 Å². The van der Waals surface area contributed by atoms with E-state index in [0.29, 0.717) is 13.2 Å². The predicted octanol–water partition coefficient (Wildman–Crippen LogP) is -1.36. The topological polar surface area (TPSA) is 81.8 Å². The largest absolute Gasteiger partial charge is 0.456 e. The van der Waals surface area contributed by atoms with E-state index in [2.05, 4.69) is 0 Å². The average molecular weight is 175 g/mol. The van der Waals surface area contributed by atoms with Crippen LogP contribution in [0.1, 0.15) is 6.92 Å². The molecule has 70 valence electrons. The zero-order valence-electron chi connectivity index (χ0n) is 6.90. The first-order valence-electron chi connectivity index (χ1n) is 3.83. The lowest BCUT2D eigenvalue weighted by atomic mass is 10.2. The number of esters is 1. The van der Waals surface area contributed by atoms with E-state index in [1.165, 1.54) is 6.92 Å². The first-order chi connectivity index (χ1) is 5.61. The molecule has 1 heterocycles. The Bertz CT molecular complexity index is 167. The Labute approximate surface area is 70.4 Å². The van der Waals surface area contributed by atoms with E-state index in [4.69, 9.17) is 20.3 Å². The summed E-state index contributed by atoms with van der Waals surface area (Å²) >= 11 is 0. The van der Waals surface area contributed by atoms with Crippen molar-refractivity contribution in [2.24, 2.45) is 5.73 Å². The molecule has 5 nitrogen and oxygen atoms in total. The second-order valence-corrected chi connectivity index (χ2v) is 2.86. The molecule has 5 heteroatoms. The van der Waals surface area contributed by atoms with Gasteiger partial charge in [-0.25, -0.2) is 0 Å². The molecule has 0 bridgehead atoms. The van der Waals surface area contributed by atoms with Crippen LogP contribution < -0.4 is 5.73 Å². The van der Waals surface area contributed by atoms with Gasteiger partial charge in [-0.05, 0) is 6.92 Å². The maximum absolute atomic E-state index is 11.0. The fourth-order valence-electron chi connectivity index (χ4n) is 0.722. The van der Waals surface area contributed by atoms with Crippen molar-refractivity contribution in [2.75, 3.05) is 13.2 Å². The van der Waals surface area contributed by atoms with Crippen molar-refractivity contribution in [2.45, 2.75) is 25.2 Å². The Morgan fingerprint density at radius 1 is 1.75 bits per heavy atom. The van der Waals surface area contributed by atoms with E-state index in [0.717, 1.165) is 0 Å². The van der Waals surface area contributed by atoms with Crippen molar-refractivity contribution < 1.29 is 19.4 Å². The molecular formula is C7H13NO4. The zero-order valence-corrected chi connectivity index (χ0v) is 6.90. The molecule has 2 atom stereocenters. The maximum atomic E-state index is 11.0. The number of nitrogens with two attached hydrogens (primary N) is 1. The molecule has 0 unspecified atom stereocenters. The van der Waals surface area contributed by atoms with Crippen molar-refractivity contribution in [1.29, 1.82) is 0 Å². The molecule has 1 rings (SSSR count). The van der Waals surface area contributed by atoms with Crippen molar-refractivity contribution in [3.8, 4) is 0 Å². The van der Waals surface area contributed by atoms with Gasteiger partial charge in [-0.3, -0.25) is 4.79 Å². The Morgan fingerprint density at radius 3 is 2.67 bits per heavy atom. The molecule has 1 aliphatic rings. The number of carbonyl (C=O) groups excluding carboxylic acids is 1. The Kier molecular flexibility index (Phi) is 3.02. The molecular weight excluding hydrogens is 162 g/mol. The average Bonchev–Trinajstić information content (AvgIpc) is 1.94. The molecule has 0 aliphatic carbocycles. The van der Waals surface area contributed by atoms with Crippen molar-refractivity contribution in [3.05, 3.63) is 0 Å². The first kappa shape index (κ1) is 9.44. The smallest absolute Gasteiger partial charge is 0.326 e. The number of carbonyl (C=O) groups is 1. The molecule has 3 N–H and O–H groups in total. The molecule has 1 aliphatic heterocycles. The second-order valence-electron chi connectivity index (χ2n) is 2.86. The highest BCUT2D eigenvalue weighted by atomic mass is 16.6. The fraction of sp³-hybridized carbons (Fsp3) is 0.857. The third-order valence-electron chi connectivity index (χ3n) is 1.68. The van der Waals surface area contributed by atoms with E-state index in [1.54, 1.807) is 0 Å². The summed E-state index contributed by atoms with van der Waals surface area (Å²) in [6.45, 7) is 2.31. The zero-order chi connectivity index (χ0) is 9.14. The minimum atomic E-state index is -0.953. The summed E-state index contributed by atoms with van der Waals surface area (Å²) < 4.78 is 9.66. The van der Waals surface area contributed by atoms with Crippen LogP contribution in [0.15, 0.2) is 0 Å². The first-order valence-corrected chi connectivity index (χ1v) is 3.83. The van der Waals surface area contributed by atoms with Crippen LogP contribution >= 0.6 is 0 Å². The molecule has 0 saturated carbocycles. The minimum Gasteiger partial charge on any atom is -0.456 e. The molecule has 0 radical (unpaired) electrons. The van der Waals surface area contributed by atoms with Gasteiger partial charge in [0.15, 0.2) is 0 Å². The number of hydrogen-bond acceptors (Lipinski definition) is 5. The summed E-state index contributed by atoms with van der Waals surface area (Å²) in [5.41, 5.74) is 5.32. The highest BCUT2D eigenvalue weighted by molar-refractivity contribution is 5.76. The van der Waals surface area contributed by atoms with Crippen molar-refractivity contribution in [1.82, 2.24) is 0 Å². The van der Waals surface area contributed by atoms with Crippen LogP contribution in [0.5, 0.6) is 0 Å². The normalized spacial score (nSPS) is 22.6. The summed E-state index contributed by atoms with van der Waals surface area (Å²) in [4.78, 5) is 11.0. The van der Waals surface area contributed by atoms with Crippen LogP contribution in [0.2, 0.25) is 0 Å². The standard InChI is InChI=1S/C7H13NO4/c1-4(9)6(8)7(10)12-5-2-11-3-5/h4-6,9H,2-3,8H2,1H3/t4-,6+/m1/s1. The van der Waals surface area contributed by atoms with Crippen LogP contribution in [0, 0.1) is 0 Å². The Balaban J connectivity index is 2.26. The van der Waals surface area contributed by atoms with Gasteiger partial charge >= 0.3 is 5.97 Å². The second kappa shape index (κ2) is 3.84. The predicted molar refractivity (Wildman–Crippen MR) is 40.4 cm³/mol. The molecule has 1 saturated heterocycles. The van der Waals surface area contributed by atoms with Crippen LogP contribution in [-0.4, -0.2) is 42.5 Å². The molecule has 0 spiro atoms. The van der Waals surface area contributed by atoms with Gasteiger partial charge in [0.2, 0.25) is 0 Å². The van der Waals surface area contributed by atoms with E-state index in [-0.39, 0.29) is 6.10 Å². The molecule has 0 aromatic heterocycles. The van der Waals surface area contributed by atoms with Gasteiger partial charge in [-0.2, -0.15) is 0 Å². The van der Waals surface area contributed by atoms with E-state index in [9.17, 15) is 4.79 Å². The number of aliphatic hydroxyl groups is 1. The van der Waals surface area contributed by atoms with Crippen LogP contribution in [0.3, 0.4) is 0 Å². The number of hydrogen-bond donors (Lipinski definition) is 2. The Morgan fingerprint density at radius 2 is 2.33 bits per heavy atom. The molecule has 0 amide bonds. The van der Waals surface area contributed by atoms with Gasteiger partial charge in [0.1, 0.15) is 12.1 Å². The number of aliphatic hydroxyl groups excluding tert-OH is 1. The maximum Gasteiger partial charge on any atom is 0.326 e. The molecule has 1 fully saturated rings. The third-order valence-corrected chi connectivity index (χ3v) is 1.68. The van der Waals surface area contributed by atoms with Crippen LogP contribution in [0.25, 0.3) is 0 Å². The van der Waals surface area contributed by atoms with E-state index in [1.807, 2.05) is 0 Å². The van der Waals surface area contributed by atoms with Gasteiger partial charge in [0, 0.05) is 0 Å².